The molecule has 1 aliphatic heterocycles. The van der Waals surface area contributed by atoms with Crippen molar-refractivity contribution in [3.8, 4) is 5.75 Å². The number of nitrogens with zero attached hydrogens (tertiary/aromatic N) is 2. The summed E-state index contributed by atoms with van der Waals surface area (Å²) in [5.74, 6) is 1.24. The van der Waals surface area contributed by atoms with E-state index in [4.69, 9.17) is 9.47 Å². The summed E-state index contributed by atoms with van der Waals surface area (Å²) < 4.78 is 10.5. The summed E-state index contributed by atoms with van der Waals surface area (Å²) in [6.07, 6.45) is 8.59. The van der Waals surface area contributed by atoms with E-state index in [2.05, 4.69) is 10.2 Å². The van der Waals surface area contributed by atoms with Crippen molar-refractivity contribution in [3.63, 3.8) is 0 Å². The van der Waals surface area contributed by atoms with E-state index in [0.717, 1.165) is 34.8 Å². The lowest BCUT2D eigenvalue weighted by Crippen LogP contribution is -2.60. The van der Waals surface area contributed by atoms with Crippen LogP contribution >= 0.6 is 0 Å². The molecule has 7 nitrogen and oxygen atoms in total. The molecule has 2 aromatic carbocycles. The molecule has 36 heavy (non-hydrogen) atoms. The van der Waals surface area contributed by atoms with Crippen molar-refractivity contribution in [3.05, 3.63) is 94.8 Å². The third-order valence-corrected chi connectivity index (χ3v) is 6.93. The number of methoxy groups -OCH3 is 2. The van der Waals surface area contributed by atoms with Gasteiger partial charge in [-0.15, -0.1) is 0 Å². The average molecular weight is 488 g/mol. The number of hydrogen-bond donors (Lipinski definition) is 1. The lowest BCUT2D eigenvalue weighted by atomic mass is 9.97. The Bertz CT molecular complexity index is 1240. The standard InChI is InChI=1S/C29H33N3O4/c1-29(2)31(3)26-16-12-22(27(33)30-18-20-7-6-8-23(35-4)13-9-20)17-25(26)28(34)32(29)19-21-10-14-24(36-5)15-11-21/h7-17H,6,18-19H2,1-5H3,(H,30,33). The first-order valence-electron chi connectivity index (χ1n) is 12.0. The number of carbonyl (C=O) groups is 2. The van der Waals surface area contributed by atoms with Gasteiger partial charge in [0.2, 0.25) is 0 Å². The van der Waals surface area contributed by atoms with Gasteiger partial charge in [0.05, 0.1) is 25.5 Å². The van der Waals surface area contributed by atoms with Crippen LogP contribution < -0.4 is 15.0 Å². The molecule has 0 aromatic heterocycles. The van der Waals surface area contributed by atoms with Crippen LogP contribution in [0.1, 0.15) is 46.5 Å². The molecular weight excluding hydrogens is 454 g/mol. The molecule has 0 fully saturated rings. The molecular formula is C29H33N3O4. The van der Waals surface area contributed by atoms with Crippen LogP contribution in [0, 0.1) is 0 Å². The molecule has 4 rings (SSSR count). The zero-order valence-electron chi connectivity index (χ0n) is 21.5. The Hall–Kier alpha value is -4.00. The van der Waals surface area contributed by atoms with E-state index in [1.54, 1.807) is 26.4 Å². The van der Waals surface area contributed by atoms with Gasteiger partial charge in [-0.3, -0.25) is 9.59 Å². The van der Waals surface area contributed by atoms with Gasteiger partial charge >= 0.3 is 0 Å². The first kappa shape index (κ1) is 25.1. The molecule has 2 amide bonds. The summed E-state index contributed by atoms with van der Waals surface area (Å²) in [4.78, 5) is 30.6. The topological polar surface area (TPSA) is 71.1 Å². The Morgan fingerprint density at radius 2 is 1.78 bits per heavy atom. The monoisotopic (exact) mass is 487 g/mol. The first-order valence-corrected chi connectivity index (χ1v) is 12.0. The molecule has 0 saturated heterocycles. The Kier molecular flexibility index (Phi) is 7.20. The highest BCUT2D eigenvalue weighted by molar-refractivity contribution is 6.05. The number of nitrogens with one attached hydrogen (secondary N) is 1. The number of hydrogen-bond acceptors (Lipinski definition) is 5. The molecule has 0 bridgehead atoms. The maximum Gasteiger partial charge on any atom is 0.258 e. The normalized spacial score (nSPS) is 16.5. The number of amides is 2. The van der Waals surface area contributed by atoms with E-state index >= 15 is 0 Å². The molecule has 2 aliphatic rings. The minimum Gasteiger partial charge on any atom is -0.497 e. The van der Waals surface area contributed by atoms with Crippen molar-refractivity contribution < 1.29 is 19.1 Å². The van der Waals surface area contributed by atoms with Crippen LogP contribution in [-0.4, -0.2) is 50.2 Å². The fraction of sp³-hybridized carbons (Fsp3) is 0.310. The Morgan fingerprint density at radius 1 is 1.03 bits per heavy atom. The van der Waals surface area contributed by atoms with Crippen LogP contribution in [0.3, 0.4) is 0 Å². The van der Waals surface area contributed by atoms with Crippen molar-refractivity contribution >= 4 is 17.5 Å². The Balaban J connectivity index is 1.53. The number of allylic oxidation sites excluding steroid dienone is 3. The van der Waals surface area contributed by atoms with Crippen molar-refractivity contribution in [2.45, 2.75) is 32.5 Å². The fourth-order valence-electron chi connectivity index (χ4n) is 4.41. The van der Waals surface area contributed by atoms with Gasteiger partial charge in [-0.1, -0.05) is 24.3 Å². The summed E-state index contributed by atoms with van der Waals surface area (Å²) in [7, 11) is 5.24. The zero-order valence-corrected chi connectivity index (χ0v) is 21.5. The molecule has 0 radical (unpaired) electrons. The SMILES string of the molecule is COC1=CCC=C(CNC(=O)c2ccc3c(c2)C(=O)N(Cc2ccc(OC)cc2)C(C)(C)N3C)C=C1. The van der Waals surface area contributed by atoms with Gasteiger partial charge in [-0.05, 0) is 73.9 Å². The number of ether oxygens (including phenoxy) is 2. The smallest absolute Gasteiger partial charge is 0.258 e. The number of benzene rings is 2. The highest BCUT2D eigenvalue weighted by Gasteiger charge is 2.41. The summed E-state index contributed by atoms with van der Waals surface area (Å²) in [5, 5.41) is 2.97. The van der Waals surface area contributed by atoms with Crippen LogP contribution in [0.4, 0.5) is 5.69 Å². The summed E-state index contributed by atoms with van der Waals surface area (Å²) >= 11 is 0. The summed E-state index contributed by atoms with van der Waals surface area (Å²) in [6, 6.07) is 13.0. The van der Waals surface area contributed by atoms with Crippen LogP contribution in [-0.2, 0) is 11.3 Å². The molecule has 0 spiro atoms. The largest absolute Gasteiger partial charge is 0.497 e. The maximum absolute atomic E-state index is 13.7. The van der Waals surface area contributed by atoms with Gasteiger partial charge in [-0.25, -0.2) is 0 Å². The highest BCUT2D eigenvalue weighted by atomic mass is 16.5. The number of anilines is 1. The lowest BCUT2D eigenvalue weighted by molar-refractivity contribution is 0.0490. The number of fused-ring (bicyclic) bond motifs is 1. The quantitative estimate of drug-likeness (QED) is 0.615. The molecule has 1 heterocycles. The third-order valence-electron chi connectivity index (χ3n) is 6.93. The molecule has 1 aliphatic carbocycles. The van der Waals surface area contributed by atoms with Gasteiger partial charge in [0.15, 0.2) is 0 Å². The van der Waals surface area contributed by atoms with E-state index < -0.39 is 5.66 Å². The molecule has 7 heteroatoms. The van der Waals surface area contributed by atoms with Crippen molar-refractivity contribution in [1.29, 1.82) is 0 Å². The second-order valence-electron chi connectivity index (χ2n) is 9.37. The number of rotatable bonds is 7. The van der Waals surface area contributed by atoms with E-state index in [9.17, 15) is 9.59 Å². The molecule has 0 atom stereocenters. The zero-order chi connectivity index (χ0) is 25.9. The van der Waals surface area contributed by atoms with Crippen LogP contribution in [0.5, 0.6) is 5.75 Å². The minimum absolute atomic E-state index is 0.105. The van der Waals surface area contributed by atoms with Crippen molar-refractivity contribution in [1.82, 2.24) is 10.2 Å². The van der Waals surface area contributed by atoms with Crippen LogP contribution in [0.25, 0.3) is 0 Å². The lowest BCUT2D eigenvalue weighted by Gasteiger charge is -2.50. The van der Waals surface area contributed by atoms with Gasteiger partial charge in [0.1, 0.15) is 17.2 Å². The first-order chi connectivity index (χ1) is 17.2. The third kappa shape index (κ3) is 5.00. The fourth-order valence-corrected chi connectivity index (χ4v) is 4.41. The summed E-state index contributed by atoms with van der Waals surface area (Å²) in [6.45, 7) is 4.88. The molecule has 2 aromatic rings. The van der Waals surface area contributed by atoms with Crippen molar-refractivity contribution in [2.75, 3.05) is 32.7 Å². The average Bonchev–Trinajstić information content (AvgIpc) is 3.14. The van der Waals surface area contributed by atoms with Gasteiger partial charge < -0.3 is 24.6 Å². The van der Waals surface area contributed by atoms with E-state index in [1.807, 2.05) is 80.4 Å². The predicted molar refractivity (Wildman–Crippen MR) is 141 cm³/mol. The van der Waals surface area contributed by atoms with E-state index in [-0.39, 0.29) is 11.8 Å². The molecule has 188 valence electrons. The second-order valence-corrected chi connectivity index (χ2v) is 9.37. The van der Waals surface area contributed by atoms with E-state index in [0.29, 0.717) is 24.2 Å². The molecule has 0 unspecified atom stereocenters. The van der Waals surface area contributed by atoms with Crippen LogP contribution in [0.15, 0.2) is 78.1 Å². The summed E-state index contributed by atoms with van der Waals surface area (Å²) in [5.41, 5.74) is 3.21. The number of carbonyl (C=O) groups excluding carboxylic acids is 2. The van der Waals surface area contributed by atoms with Gasteiger partial charge in [0.25, 0.3) is 11.8 Å². The molecule has 1 N–H and O–H groups in total. The van der Waals surface area contributed by atoms with E-state index in [1.165, 1.54) is 0 Å². The Morgan fingerprint density at radius 3 is 2.47 bits per heavy atom. The van der Waals surface area contributed by atoms with Crippen molar-refractivity contribution in [2.24, 2.45) is 0 Å². The second kappa shape index (κ2) is 10.3. The van der Waals surface area contributed by atoms with Gasteiger partial charge in [0, 0.05) is 25.7 Å². The maximum atomic E-state index is 13.7. The molecule has 0 saturated carbocycles. The highest BCUT2D eigenvalue weighted by Crippen LogP contribution is 2.37. The minimum atomic E-state index is -0.554. The predicted octanol–water partition coefficient (Wildman–Crippen LogP) is 4.67. The van der Waals surface area contributed by atoms with Crippen LogP contribution in [0.2, 0.25) is 0 Å². The Labute approximate surface area is 212 Å². The van der Waals surface area contributed by atoms with Gasteiger partial charge in [-0.2, -0.15) is 0 Å².